The van der Waals surface area contributed by atoms with Crippen molar-refractivity contribution in [1.29, 1.82) is 0 Å². The van der Waals surface area contributed by atoms with Crippen LogP contribution in [0.15, 0.2) is 0 Å². The van der Waals surface area contributed by atoms with E-state index >= 15 is 0 Å². The fourth-order valence-corrected chi connectivity index (χ4v) is 0.891. The molecule has 0 aliphatic rings. The van der Waals surface area contributed by atoms with Gasteiger partial charge in [-0.25, -0.2) is 0 Å². The van der Waals surface area contributed by atoms with E-state index in [1.54, 1.807) is 0 Å². The van der Waals surface area contributed by atoms with Crippen LogP contribution in [-0.2, 0) is 0 Å². The summed E-state index contributed by atoms with van der Waals surface area (Å²) in [6.45, 7) is 9.10. The maximum atomic E-state index is 3.42. The van der Waals surface area contributed by atoms with Crippen molar-refractivity contribution in [2.75, 3.05) is 13.1 Å². The summed E-state index contributed by atoms with van der Waals surface area (Å²) in [5.41, 5.74) is 0. The van der Waals surface area contributed by atoms with E-state index in [2.05, 4.69) is 26.1 Å². The predicted octanol–water partition coefficient (Wildman–Crippen LogP) is 3.30. The van der Waals surface area contributed by atoms with Gasteiger partial charge in [-0.05, 0) is 25.4 Å². The van der Waals surface area contributed by atoms with Crippen molar-refractivity contribution >= 4 is 0 Å². The normalized spacial score (nSPS) is 9.82. The van der Waals surface area contributed by atoms with Gasteiger partial charge in [-0.15, -0.1) is 0 Å². The average molecular weight is 161 g/mol. The lowest BCUT2D eigenvalue weighted by molar-refractivity contribution is 0.534. The molecular formula is C10H27N. The fourth-order valence-electron chi connectivity index (χ4n) is 0.891. The third-order valence-electron chi connectivity index (χ3n) is 1.51. The molecule has 1 N–H and O–H groups in total. The zero-order valence-corrected chi connectivity index (χ0v) is 7.61. The van der Waals surface area contributed by atoms with E-state index in [1.807, 2.05) is 0 Å². The molecule has 0 rings (SSSR count). The van der Waals surface area contributed by atoms with Gasteiger partial charge in [-0.2, -0.15) is 0 Å². The Morgan fingerprint density at radius 3 is 2.36 bits per heavy atom. The molecule has 0 bridgehead atoms. The minimum Gasteiger partial charge on any atom is -0.316 e. The molecule has 0 heterocycles. The minimum absolute atomic E-state index is 0. The highest BCUT2D eigenvalue weighted by Gasteiger charge is 1.90. The average Bonchev–Trinajstić information content (AvgIpc) is 1.87. The molecule has 0 spiro atoms. The van der Waals surface area contributed by atoms with Crippen LogP contribution in [0.3, 0.4) is 0 Å². The highest BCUT2D eigenvalue weighted by atomic mass is 14.8. The van der Waals surface area contributed by atoms with Crippen LogP contribution in [-0.4, -0.2) is 13.1 Å². The first kappa shape index (κ1) is 13.5. The molecule has 0 radical (unpaired) electrons. The molecule has 11 heavy (non-hydrogen) atoms. The number of nitrogens with one attached hydrogen (secondary N) is 1. The summed E-state index contributed by atoms with van der Waals surface area (Å²) in [4.78, 5) is 0. The smallest absolute Gasteiger partial charge is 0 e. The van der Waals surface area contributed by atoms with Gasteiger partial charge in [0.25, 0.3) is 0 Å². The number of rotatable bonds is 6. The van der Waals surface area contributed by atoms with Gasteiger partial charge in [0.1, 0.15) is 0 Å². The molecule has 72 valence electrons. The third-order valence-corrected chi connectivity index (χ3v) is 1.51. The SMILES string of the molecule is C.CCCCCNCC(C)C.[HH]. The Hall–Kier alpha value is -0.0400. The zero-order valence-electron chi connectivity index (χ0n) is 7.61. The number of unbranched alkanes of at least 4 members (excludes halogenated alkanes) is 2. The predicted molar refractivity (Wildman–Crippen MR) is 56.1 cm³/mol. The van der Waals surface area contributed by atoms with Crippen LogP contribution in [0, 0.1) is 5.92 Å². The summed E-state index contributed by atoms with van der Waals surface area (Å²) in [6.07, 6.45) is 4.03. The summed E-state index contributed by atoms with van der Waals surface area (Å²) in [7, 11) is 0. The van der Waals surface area contributed by atoms with Crippen LogP contribution in [0.2, 0.25) is 0 Å². The zero-order chi connectivity index (χ0) is 7.82. The molecule has 0 fully saturated rings. The monoisotopic (exact) mass is 161 g/mol. The Morgan fingerprint density at radius 1 is 1.27 bits per heavy atom. The Kier molecular flexibility index (Phi) is 12.3. The Balaban J connectivity index is -0.000000405. The Bertz CT molecular complexity index is 64.9. The van der Waals surface area contributed by atoms with Crippen LogP contribution in [0.1, 0.15) is 48.9 Å². The second-order valence-corrected chi connectivity index (χ2v) is 3.31. The summed E-state index contributed by atoms with van der Waals surface area (Å²) >= 11 is 0. The van der Waals surface area contributed by atoms with Crippen molar-refractivity contribution in [3.8, 4) is 0 Å². The second-order valence-electron chi connectivity index (χ2n) is 3.31. The molecule has 0 saturated carbocycles. The van der Waals surface area contributed by atoms with Crippen LogP contribution < -0.4 is 5.32 Å². The molecule has 0 saturated heterocycles. The molecule has 0 amide bonds. The molecule has 0 aliphatic carbocycles. The first-order chi connectivity index (χ1) is 4.77. The van der Waals surface area contributed by atoms with E-state index < -0.39 is 0 Å². The minimum atomic E-state index is 0. The van der Waals surface area contributed by atoms with E-state index in [0.29, 0.717) is 0 Å². The largest absolute Gasteiger partial charge is 0.316 e. The van der Waals surface area contributed by atoms with E-state index in [0.717, 1.165) is 5.92 Å². The van der Waals surface area contributed by atoms with Crippen molar-refractivity contribution in [3.05, 3.63) is 0 Å². The Morgan fingerprint density at radius 2 is 1.91 bits per heavy atom. The summed E-state index contributed by atoms with van der Waals surface area (Å²) in [6, 6.07) is 0. The number of hydrogen-bond donors (Lipinski definition) is 1. The van der Waals surface area contributed by atoms with E-state index in [1.165, 1.54) is 32.4 Å². The van der Waals surface area contributed by atoms with Crippen molar-refractivity contribution in [3.63, 3.8) is 0 Å². The lowest BCUT2D eigenvalue weighted by Crippen LogP contribution is -2.20. The molecule has 1 heteroatoms. The second kappa shape index (κ2) is 9.96. The van der Waals surface area contributed by atoms with Gasteiger partial charge < -0.3 is 5.32 Å². The maximum Gasteiger partial charge on any atom is 0 e. The van der Waals surface area contributed by atoms with Gasteiger partial charge in [0.15, 0.2) is 0 Å². The van der Waals surface area contributed by atoms with E-state index in [9.17, 15) is 0 Å². The van der Waals surface area contributed by atoms with Gasteiger partial charge in [-0.1, -0.05) is 41.0 Å². The molecule has 1 nitrogen and oxygen atoms in total. The molecule has 0 atom stereocenters. The first-order valence-electron chi connectivity index (χ1n) is 4.48. The van der Waals surface area contributed by atoms with Crippen molar-refractivity contribution in [1.82, 2.24) is 5.32 Å². The fraction of sp³-hybridized carbons (Fsp3) is 1.00. The van der Waals surface area contributed by atoms with Gasteiger partial charge in [0, 0.05) is 1.43 Å². The summed E-state index contributed by atoms with van der Waals surface area (Å²) in [5.74, 6) is 0.793. The van der Waals surface area contributed by atoms with Crippen LogP contribution in [0.5, 0.6) is 0 Å². The molecule has 0 aromatic carbocycles. The maximum absolute atomic E-state index is 3.42. The Labute approximate surface area is 74.1 Å². The highest BCUT2D eigenvalue weighted by Crippen LogP contribution is 1.92. The quantitative estimate of drug-likeness (QED) is 0.589. The lowest BCUT2D eigenvalue weighted by atomic mass is 10.2. The molecule has 0 aromatic heterocycles. The highest BCUT2D eigenvalue weighted by molar-refractivity contribution is 4.50. The topological polar surface area (TPSA) is 12.0 Å². The first-order valence-corrected chi connectivity index (χ1v) is 4.48. The standard InChI is InChI=1S/C9H21N.CH4.H2/c1-4-5-6-7-10-8-9(2)3;;/h9-10H,4-8H2,1-3H3;1H4;1H. The summed E-state index contributed by atoms with van der Waals surface area (Å²) < 4.78 is 0. The lowest BCUT2D eigenvalue weighted by Gasteiger charge is -2.05. The molecule has 0 aliphatic heterocycles. The molecular weight excluding hydrogens is 134 g/mol. The van der Waals surface area contributed by atoms with Crippen molar-refractivity contribution in [2.45, 2.75) is 47.5 Å². The van der Waals surface area contributed by atoms with Gasteiger partial charge in [-0.3, -0.25) is 0 Å². The number of hydrogen-bond acceptors (Lipinski definition) is 1. The van der Waals surface area contributed by atoms with Gasteiger partial charge in [0.05, 0.1) is 0 Å². The van der Waals surface area contributed by atoms with Crippen LogP contribution in [0.25, 0.3) is 0 Å². The molecule has 0 aromatic rings. The van der Waals surface area contributed by atoms with Gasteiger partial charge in [0.2, 0.25) is 0 Å². The van der Waals surface area contributed by atoms with Crippen molar-refractivity contribution in [2.24, 2.45) is 5.92 Å². The van der Waals surface area contributed by atoms with Gasteiger partial charge >= 0.3 is 0 Å². The third kappa shape index (κ3) is 13.0. The van der Waals surface area contributed by atoms with Crippen LogP contribution >= 0.6 is 0 Å². The van der Waals surface area contributed by atoms with E-state index in [4.69, 9.17) is 0 Å². The summed E-state index contributed by atoms with van der Waals surface area (Å²) in [5, 5.41) is 3.42. The van der Waals surface area contributed by atoms with E-state index in [-0.39, 0.29) is 8.85 Å². The van der Waals surface area contributed by atoms with Crippen molar-refractivity contribution < 1.29 is 1.43 Å². The molecule has 0 unspecified atom stereocenters. The van der Waals surface area contributed by atoms with Crippen LogP contribution in [0.4, 0.5) is 0 Å².